The molecule has 37 heavy (non-hydrogen) atoms. The van der Waals surface area contributed by atoms with Gasteiger partial charge < -0.3 is 10.1 Å². The Morgan fingerprint density at radius 1 is 1.24 bits per heavy atom. The summed E-state index contributed by atoms with van der Waals surface area (Å²) in [6, 6.07) is 8.96. The lowest BCUT2D eigenvalue weighted by Crippen LogP contribution is -2.27. The molecule has 1 aliphatic carbocycles. The number of pyridine rings is 1. The zero-order chi connectivity index (χ0) is 26.5. The van der Waals surface area contributed by atoms with Gasteiger partial charge in [-0.2, -0.15) is 5.10 Å². The highest BCUT2D eigenvalue weighted by molar-refractivity contribution is 8.13. The topological polar surface area (TPSA) is 103 Å². The molecule has 0 spiro atoms. The Labute approximate surface area is 224 Å². The van der Waals surface area contributed by atoms with Crippen LogP contribution in [0.3, 0.4) is 0 Å². The highest BCUT2D eigenvalue weighted by atomic mass is 35.5. The predicted molar refractivity (Wildman–Crippen MR) is 144 cm³/mol. The van der Waals surface area contributed by atoms with Crippen LogP contribution in [0.15, 0.2) is 54.7 Å². The molecular weight excluding hydrogens is 512 g/mol. The summed E-state index contributed by atoms with van der Waals surface area (Å²) in [4.78, 5) is 42.3. The van der Waals surface area contributed by atoms with Crippen molar-refractivity contribution in [3.05, 3.63) is 82.1 Å². The van der Waals surface area contributed by atoms with Gasteiger partial charge in [-0.1, -0.05) is 24.6 Å². The van der Waals surface area contributed by atoms with Gasteiger partial charge in [-0.05, 0) is 73.0 Å². The van der Waals surface area contributed by atoms with Crippen LogP contribution >= 0.6 is 23.4 Å². The lowest BCUT2D eigenvalue weighted by atomic mass is 9.93. The van der Waals surface area contributed by atoms with Crippen molar-refractivity contribution in [2.24, 2.45) is 5.92 Å². The Morgan fingerprint density at radius 2 is 2.00 bits per heavy atom. The van der Waals surface area contributed by atoms with Crippen molar-refractivity contribution < 1.29 is 19.1 Å². The van der Waals surface area contributed by atoms with Crippen LogP contribution in [0, 0.1) is 19.8 Å². The largest absolute Gasteiger partial charge is 0.422 e. The highest BCUT2D eigenvalue weighted by Crippen LogP contribution is 2.41. The van der Waals surface area contributed by atoms with Crippen LogP contribution in [0.25, 0.3) is 11.3 Å². The van der Waals surface area contributed by atoms with E-state index in [1.807, 2.05) is 32.9 Å². The minimum Gasteiger partial charge on any atom is -0.422 e. The number of amides is 1. The summed E-state index contributed by atoms with van der Waals surface area (Å²) in [5.74, 6) is 0.196. The number of benzene rings is 1. The number of thioether (sulfide) groups is 1. The molecule has 1 aliphatic rings. The molecule has 192 valence electrons. The molecule has 1 N–H and O–H groups in total. The van der Waals surface area contributed by atoms with Crippen LogP contribution in [0.4, 0.5) is 4.79 Å². The predicted octanol–water partition coefficient (Wildman–Crippen LogP) is 5.55. The average Bonchev–Trinajstić information content (AvgIpc) is 3.43. The fourth-order valence-corrected chi connectivity index (χ4v) is 5.00. The second-order valence-corrected chi connectivity index (χ2v) is 10.3. The van der Waals surface area contributed by atoms with Crippen molar-refractivity contribution >= 4 is 45.9 Å². The third kappa shape index (κ3) is 6.11. The van der Waals surface area contributed by atoms with Gasteiger partial charge in [0.15, 0.2) is 5.78 Å². The van der Waals surface area contributed by atoms with E-state index < -0.39 is 5.30 Å². The van der Waals surface area contributed by atoms with Gasteiger partial charge in [0.1, 0.15) is 11.5 Å². The molecule has 2 heterocycles. The molecular formula is C27H27ClN4O4S. The molecule has 10 heteroatoms. The number of carbonyl (C=O) groups is 3. The van der Waals surface area contributed by atoms with Crippen LogP contribution in [0.2, 0.25) is 5.02 Å². The number of hydrogen-bond acceptors (Lipinski definition) is 7. The van der Waals surface area contributed by atoms with Crippen molar-refractivity contribution in [1.82, 2.24) is 20.1 Å². The summed E-state index contributed by atoms with van der Waals surface area (Å²) in [7, 11) is 0. The lowest BCUT2D eigenvalue weighted by Gasteiger charge is -2.17. The molecule has 1 amide bonds. The van der Waals surface area contributed by atoms with Crippen LogP contribution in [0.1, 0.15) is 46.9 Å². The van der Waals surface area contributed by atoms with E-state index in [4.69, 9.17) is 16.3 Å². The normalized spacial score (nSPS) is 15.2. The minimum atomic E-state index is -0.453. The maximum Gasteiger partial charge on any atom is 0.372 e. The highest BCUT2D eigenvalue weighted by Gasteiger charge is 2.37. The van der Waals surface area contributed by atoms with E-state index in [0.29, 0.717) is 40.8 Å². The molecule has 0 saturated heterocycles. The fraction of sp³-hybridized carbons (Fsp3) is 0.296. The zero-order valence-corrected chi connectivity index (χ0v) is 22.4. The Bertz CT molecular complexity index is 1350. The van der Waals surface area contributed by atoms with Crippen molar-refractivity contribution in [1.29, 1.82) is 0 Å². The molecule has 0 radical (unpaired) electrons. The molecule has 2 aromatic heterocycles. The van der Waals surface area contributed by atoms with E-state index in [0.717, 1.165) is 34.1 Å². The molecule has 0 aliphatic heterocycles. The molecule has 3 aromatic rings. The molecule has 1 aromatic carbocycles. The number of nitrogens with one attached hydrogen (secondary N) is 1. The second-order valence-electron chi connectivity index (χ2n) is 8.67. The Balaban J connectivity index is 1.63. The monoisotopic (exact) mass is 538 g/mol. The molecule has 0 bridgehead atoms. The molecule has 4 rings (SSSR count). The number of hydrogen-bond donors (Lipinski definition) is 1. The van der Waals surface area contributed by atoms with E-state index in [1.165, 1.54) is 0 Å². The first kappa shape index (κ1) is 26.6. The number of ketones is 1. The number of Topliss-reactive ketones (excluding diaryl/α,β-unsaturated/α-hetero) is 1. The SMILES string of the molecule is CCSC(=O)OC1=C(c2c(C)cc(-n3cc(Cl)cn3)cc2C)C(=O)CC1CCNC(=O)c1ccccn1. The maximum atomic E-state index is 13.3. The quantitative estimate of drug-likeness (QED) is 0.375. The summed E-state index contributed by atoms with van der Waals surface area (Å²) >= 11 is 7.08. The Hall–Kier alpha value is -3.43. The van der Waals surface area contributed by atoms with Gasteiger partial charge in [-0.25, -0.2) is 9.48 Å². The fourth-order valence-electron chi connectivity index (χ4n) is 4.48. The molecule has 1 atom stereocenters. The van der Waals surface area contributed by atoms with E-state index in [9.17, 15) is 14.4 Å². The smallest absolute Gasteiger partial charge is 0.372 e. The summed E-state index contributed by atoms with van der Waals surface area (Å²) in [6.45, 7) is 6.00. The van der Waals surface area contributed by atoms with Gasteiger partial charge in [0.25, 0.3) is 5.91 Å². The molecule has 0 saturated carbocycles. The number of aromatic nitrogens is 3. The van der Waals surface area contributed by atoms with Gasteiger partial charge in [0, 0.05) is 37.0 Å². The first-order valence-electron chi connectivity index (χ1n) is 11.9. The third-order valence-electron chi connectivity index (χ3n) is 6.04. The van der Waals surface area contributed by atoms with Gasteiger partial charge in [-0.3, -0.25) is 14.6 Å². The Morgan fingerprint density at radius 3 is 2.62 bits per heavy atom. The third-order valence-corrected chi connectivity index (χ3v) is 6.85. The number of carbonyl (C=O) groups excluding carboxylic acids is 3. The standard InChI is InChI=1S/C27H27ClN4O4S/c1-4-37-27(35)36-25-18(8-10-30-26(34)21-7-5-6-9-29-21)13-22(33)24(25)23-16(2)11-20(12-17(23)3)32-15-19(28)14-31-32/h5-7,9,11-12,14-15,18H,4,8,10,13H2,1-3H3,(H,30,34). The average molecular weight is 539 g/mol. The summed E-state index contributed by atoms with van der Waals surface area (Å²) in [6.07, 6.45) is 5.46. The number of aryl methyl sites for hydroxylation is 2. The Kier molecular flexibility index (Phi) is 8.45. The molecule has 0 fully saturated rings. The number of ether oxygens (including phenoxy) is 1. The van der Waals surface area contributed by atoms with Gasteiger partial charge in [0.05, 0.1) is 22.5 Å². The van der Waals surface area contributed by atoms with Gasteiger partial charge >= 0.3 is 5.30 Å². The van der Waals surface area contributed by atoms with E-state index in [2.05, 4.69) is 15.4 Å². The summed E-state index contributed by atoms with van der Waals surface area (Å²) < 4.78 is 7.46. The van der Waals surface area contributed by atoms with Crippen molar-refractivity contribution in [3.8, 4) is 5.69 Å². The van der Waals surface area contributed by atoms with Crippen LogP contribution in [-0.2, 0) is 9.53 Å². The molecule has 8 nitrogen and oxygen atoms in total. The second kappa shape index (κ2) is 11.7. The zero-order valence-electron chi connectivity index (χ0n) is 20.8. The van der Waals surface area contributed by atoms with Crippen LogP contribution in [-0.4, -0.2) is 44.1 Å². The maximum absolute atomic E-state index is 13.3. The lowest BCUT2D eigenvalue weighted by molar-refractivity contribution is -0.113. The van der Waals surface area contributed by atoms with Crippen LogP contribution in [0.5, 0.6) is 0 Å². The molecule has 1 unspecified atom stereocenters. The first-order valence-corrected chi connectivity index (χ1v) is 13.3. The van der Waals surface area contributed by atoms with Gasteiger partial charge in [-0.15, -0.1) is 0 Å². The first-order chi connectivity index (χ1) is 17.8. The van der Waals surface area contributed by atoms with E-state index >= 15 is 0 Å². The minimum absolute atomic E-state index is 0.0913. The number of halogens is 1. The number of nitrogens with zero attached hydrogens (tertiary/aromatic N) is 3. The van der Waals surface area contributed by atoms with Crippen molar-refractivity contribution in [3.63, 3.8) is 0 Å². The number of rotatable bonds is 8. The number of allylic oxidation sites excluding steroid dienone is 2. The summed E-state index contributed by atoms with van der Waals surface area (Å²) in [5.41, 5.74) is 4.00. The van der Waals surface area contributed by atoms with Crippen molar-refractivity contribution in [2.45, 2.75) is 33.6 Å². The van der Waals surface area contributed by atoms with Gasteiger partial charge in [0.2, 0.25) is 0 Å². The van der Waals surface area contributed by atoms with E-state index in [1.54, 1.807) is 41.5 Å². The van der Waals surface area contributed by atoms with Crippen molar-refractivity contribution in [2.75, 3.05) is 12.3 Å². The van der Waals surface area contributed by atoms with E-state index in [-0.39, 0.29) is 24.0 Å². The van der Waals surface area contributed by atoms with Crippen LogP contribution < -0.4 is 5.32 Å². The summed E-state index contributed by atoms with van der Waals surface area (Å²) in [5, 5.41) is 7.17.